The molecule has 0 saturated carbocycles. The molecule has 0 aliphatic rings. The summed E-state index contributed by atoms with van der Waals surface area (Å²) in [7, 11) is 1.80. The molecule has 0 aliphatic carbocycles. The fraction of sp³-hybridized carbons (Fsp3) is 0.500. The van der Waals surface area contributed by atoms with Crippen LogP contribution in [0.3, 0.4) is 0 Å². The van der Waals surface area contributed by atoms with Gasteiger partial charge in [0.1, 0.15) is 5.69 Å². The molecule has 2 aromatic rings. The van der Waals surface area contributed by atoms with Crippen molar-refractivity contribution < 1.29 is 9.32 Å². The standard InChI is InChI=1S/C14H20N4O2/c1-9(2)5-11-6-12(20-17-11)7-15-14(19)13-10(3)16-8-18(13)4/h6,8-9H,5,7H2,1-4H3,(H,15,19). The maximum Gasteiger partial charge on any atom is 0.270 e. The monoisotopic (exact) mass is 276 g/mol. The molecule has 20 heavy (non-hydrogen) atoms. The molecular formula is C14H20N4O2. The maximum absolute atomic E-state index is 12.1. The average Bonchev–Trinajstić information content (AvgIpc) is 2.93. The van der Waals surface area contributed by atoms with Crippen molar-refractivity contribution >= 4 is 5.91 Å². The van der Waals surface area contributed by atoms with Crippen LogP contribution >= 0.6 is 0 Å². The molecule has 2 rings (SSSR count). The highest BCUT2D eigenvalue weighted by Gasteiger charge is 2.14. The van der Waals surface area contributed by atoms with Gasteiger partial charge in [-0.25, -0.2) is 4.98 Å². The van der Waals surface area contributed by atoms with Crippen LogP contribution in [0.15, 0.2) is 16.9 Å². The van der Waals surface area contributed by atoms with Gasteiger partial charge >= 0.3 is 0 Å². The quantitative estimate of drug-likeness (QED) is 0.904. The van der Waals surface area contributed by atoms with Crippen molar-refractivity contribution in [3.63, 3.8) is 0 Å². The second-order valence-corrected chi connectivity index (χ2v) is 5.35. The predicted octanol–water partition coefficient (Wildman–Crippen LogP) is 1.85. The first-order chi connectivity index (χ1) is 9.47. The first kappa shape index (κ1) is 14.3. The maximum atomic E-state index is 12.1. The fourth-order valence-corrected chi connectivity index (χ4v) is 2.08. The minimum atomic E-state index is -0.163. The zero-order valence-electron chi connectivity index (χ0n) is 12.3. The van der Waals surface area contributed by atoms with Gasteiger partial charge in [-0.15, -0.1) is 0 Å². The van der Waals surface area contributed by atoms with Crippen molar-refractivity contribution in [1.29, 1.82) is 0 Å². The van der Waals surface area contributed by atoms with E-state index in [1.165, 1.54) is 0 Å². The van der Waals surface area contributed by atoms with Crippen molar-refractivity contribution in [3.8, 4) is 0 Å². The summed E-state index contributed by atoms with van der Waals surface area (Å²) in [6, 6.07) is 1.89. The zero-order chi connectivity index (χ0) is 14.7. The van der Waals surface area contributed by atoms with Crippen LogP contribution in [0.25, 0.3) is 0 Å². The first-order valence-corrected chi connectivity index (χ1v) is 6.68. The van der Waals surface area contributed by atoms with E-state index in [4.69, 9.17) is 4.52 Å². The van der Waals surface area contributed by atoms with Gasteiger partial charge in [-0.1, -0.05) is 19.0 Å². The Labute approximate surface area is 118 Å². The van der Waals surface area contributed by atoms with E-state index in [0.717, 1.165) is 12.1 Å². The van der Waals surface area contributed by atoms with Crippen LogP contribution < -0.4 is 5.32 Å². The lowest BCUT2D eigenvalue weighted by molar-refractivity contribution is 0.0938. The third-order valence-electron chi connectivity index (χ3n) is 2.98. The summed E-state index contributed by atoms with van der Waals surface area (Å²) in [6.07, 6.45) is 2.50. The lowest BCUT2D eigenvalue weighted by Gasteiger charge is -2.04. The van der Waals surface area contributed by atoms with Gasteiger partial charge in [0.2, 0.25) is 0 Å². The minimum Gasteiger partial charge on any atom is -0.359 e. The molecule has 1 N–H and O–H groups in total. The van der Waals surface area contributed by atoms with E-state index in [1.54, 1.807) is 17.9 Å². The number of hydrogen-bond donors (Lipinski definition) is 1. The molecule has 0 aliphatic heterocycles. The highest BCUT2D eigenvalue weighted by atomic mass is 16.5. The third-order valence-corrected chi connectivity index (χ3v) is 2.98. The van der Waals surface area contributed by atoms with Crippen LogP contribution in [0.1, 0.15) is 41.5 Å². The summed E-state index contributed by atoms with van der Waals surface area (Å²) in [6.45, 7) is 6.39. The number of amides is 1. The molecule has 6 heteroatoms. The Morgan fingerprint density at radius 1 is 1.50 bits per heavy atom. The van der Waals surface area contributed by atoms with Gasteiger partial charge in [0.25, 0.3) is 5.91 Å². The highest BCUT2D eigenvalue weighted by molar-refractivity contribution is 5.93. The molecule has 0 aromatic carbocycles. The molecule has 6 nitrogen and oxygen atoms in total. The number of imidazole rings is 1. The number of carbonyl (C=O) groups excluding carboxylic acids is 1. The fourth-order valence-electron chi connectivity index (χ4n) is 2.08. The Hall–Kier alpha value is -2.11. The van der Waals surface area contributed by atoms with Crippen LogP contribution in [0.2, 0.25) is 0 Å². The van der Waals surface area contributed by atoms with Gasteiger partial charge in [0.15, 0.2) is 5.76 Å². The van der Waals surface area contributed by atoms with Crippen molar-refractivity contribution in [2.24, 2.45) is 13.0 Å². The number of aromatic nitrogens is 3. The molecule has 108 valence electrons. The molecule has 0 saturated heterocycles. The molecule has 0 spiro atoms. The Morgan fingerprint density at radius 3 is 2.85 bits per heavy atom. The number of nitrogens with zero attached hydrogens (tertiary/aromatic N) is 3. The topological polar surface area (TPSA) is 73.0 Å². The summed E-state index contributed by atoms with van der Waals surface area (Å²) < 4.78 is 6.91. The normalized spacial score (nSPS) is 11.1. The van der Waals surface area contributed by atoms with Gasteiger partial charge < -0.3 is 14.4 Å². The highest BCUT2D eigenvalue weighted by Crippen LogP contribution is 2.10. The predicted molar refractivity (Wildman–Crippen MR) is 74.2 cm³/mol. The Bertz CT molecular complexity index is 579. The SMILES string of the molecule is Cc1ncn(C)c1C(=O)NCc1cc(CC(C)C)no1. The molecule has 0 atom stereocenters. The van der Waals surface area contributed by atoms with E-state index >= 15 is 0 Å². The Kier molecular flexibility index (Phi) is 4.22. The molecule has 2 aromatic heterocycles. The summed E-state index contributed by atoms with van der Waals surface area (Å²) >= 11 is 0. The van der Waals surface area contributed by atoms with E-state index < -0.39 is 0 Å². The molecule has 2 heterocycles. The van der Waals surface area contributed by atoms with E-state index in [1.807, 2.05) is 13.0 Å². The van der Waals surface area contributed by atoms with Gasteiger partial charge in [0, 0.05) is 13.1 Å². The summed E-state index contributed by atoms with van der Waals surface area (Å²) in [5.74, 6) is 1.03. The number of hydrogen-bond acceptors (Lipinski definition) is 4. The largest absolute Gasteiger partial charge is 0.359 e. The molecule has 0 fully saturated rings. The van der Waals surface area contributed by atoms with Crippen LogP contribution in [0.5, 0.6) is 0 Å². The number of nitrogens with one attached hydrogen (secondary N) is 1. The van der Waals surface area contributed by atoms with Gasteiger partial charge in [-0.05, 0) is 19.3 Å². The summed E-state index contributed by atoms with van der Waals surface area (Å²) in [5.41, 5.74) is 2.19. The number of aryl methyl sites for hydroxylation is 2. The van der Waals surface area contributed by atoms with E-state index in [2.05, 4.69) is 29.3 Å². The van der Waals surface area contributed by atoms with Gasteiger partial charge in [-0.3, -0.25) is 4.79 Å². The van der Waals surface area contributed by atoms with Crippen LogP contribution in [-0.4, -0.2) is 20.6 Å². The second-order valence-electron chi connectivity index (χ2n) is 5.35. The smallest absolute Gasteiger partial charge is 0.270 e. The van der Waals surface area contributed by atoms with E-state index in [0.29, 0.717) is 29.6 Å². The van der Waals surface area contributed by atoms with Crippen molar-refractivity contribution in [2.45, 2.75) is 33.7 Å². The summed E-state index contributed by atoms with van der Waals surface area (Å²) in [5, 5.41) is 6.80. The first-order valence-electron chi connectivity index (χ1n) is 6.68. The van der Waals surface area contributed by atoms with Crippen LogP contribution in [0.4, 0.5) is 0 Å². The molecule has 0 unspecified atom stereocenters. The van der Waals surface area contributed by atoms with Crippen molar-refractivity contribution in [3.05, 3.63) is 35.2 Å². The third kappa shape index (κ3) is 3.26. The molecule has 0 bridgehead atoms. The number of rotatable bonds is 5. The van der Waals surface area contributed by atoms with Crippen molar-refractivity contribution in [2.75, 3.05) is 0 Å². The Balaban J connectivity index is 1.95. The average molecular weight is 276 g/mol. The molecule has 0 radical (unpaired) electrons. The van der Waals surface area contributed by atoms with E-state index in [-0.39, 0.29) is 5.91 Å². The van der Waals surface area contributed by atoms with E-state index in [9.17, 15) is 4.79 Å². The van der Waals surface area contributed by atoms with Crippen molar-refractivity contribution in [1.82, 2.24) is 20.0 Å². The molecular weight excluding hydrogens is 256 g/mol. The lowest BCUT2D eigenvalue weighted by atomic mass is 10.1. The second kappa shape index (κ2) is 5.90. The van der Waals surface area contributed by atoms with Crippen LogP contribution in [-0.2, 0) is 20.0 Å². The lowest BCUT2D eigenvalue weighted by Crippen LogP contribution is -2.25. The number of carbonyl (C=O) groups is 1. The molecule has 1 amide bonds. The summed E-state index contributed by atoms with van der Waals surface area (Å²) in [4.78, 5) is 16.2. The minimum absolute atomic E-state index is 0.163. The van der Waals surface area contributed by atoms with Crippen LogP contribution in [0, 0.1) is 12.8 Å². The van der Waals surface area contributed by atoms with Gasteiger partial charge in [-0.2, -0.15) is 0 Å². The zero-order valence-corrected chi connectivity index (χ0v) is 12.3. The Morgan fingerprint density at radius 2 is 2.25 bits per heavy atom. The van der Waals surface area contributed by atoms with Gasteiger partial charge in [0.05, 0.1) is 24.3 Å².